The molecule has 0 atom stereocenters. The van der Waals surface area contributed by atoms with Crippen LogP contribution in [0.15, 0.2) is 82.0 Å². The molecule has 46 heavy (non-hydrogen) atoms. The Morgan fingerprint density at radius 1 is 0.848 bits per heavy atom. The fraction of sp³-hybridized carbons (Fsp3) is 0.314. The van der Waals surface area contributed by atoms with Crippen molar-refractivity contribution in [3.8, 4) is 0 Å². The largest absolute Gasteiger partial charge is 0.451 e. The molecule has 4 aromatic rings. The quantitative estimate of drug-likeness (QED) is 0.316. The fourth-order valence-corrected chi connectivity index (χ4v) is 5.65. The van der Waals surface area contributed by atoms with E-state index in [1.807, 2.05) is 60.4 Å². The van der Waals surface area contributed by atoms with Crippen molar-refractivity contribution in [3.05, 3.63) is 111 Å². The van der Waals surface area contributed by atoms with Gasteiger partial charge in [-0.15, -0.1) is 0 Å². The summed E-state index contributed by atoms with van der Waals surface area (Å²) in [5.74, 6) is -1.75. The van der Waals surface area contributed by atoms with Crippen LogP contribution in [-0.2, 0) is 4.79 Å². The van der Waals surface area contributed by atoms with E-state index >= 15 is 0 Å². The first-order chi connectivity index (χ1) is 22.2. The molecule has 3 amide bonds. The molecular formula is C35H36ClFN4O5. The van der Waals surface area contributed by atoms with Gasteiger partial charge in [0.25, 0.3) is 11.8 Å². The number of hydrogen-bond acceptors (Lipinski definition) is 6. The van der Waals surface area contributed by atoms with E-state index in [1.54, 1.807) is 4.90 Å². The molecule has 11 heteroatoms. The maximum atomic E-state index is 13.4. The van der Waals surface area contributed by atoms with Gasteiger partial charge in [-0.05, 0) is 68.7 Å². The Morgan fingerprint density at radius 3 is 2.24 bits per heavy atom. The minimum absolute atomic E-state index is 0.0368. The number of halogens is 2. The summed E-state index contributed by atoms with van der Waals surface area (Å²) in [6.45, 7) is 5.34. The number of aryl methyl sites for hydroxylation is 1. The van der Waals surface area contributed by atoms with Gasteiger partial charge < -0.3 is 24.4 Å². The maximum Gasteiger partial charge on any atom is 0.287 e. The molecule has 2 saturated heterocycles. The van der Waals surface area contributed by atoms with Gasteiger partial charge in [0.05, 0.1) is 17.5 Å². The van der Waals surface area contributed by atoms with Crippen molar-refractivity contribution < 1.29 is 23.2 Å². The molecule has 0 saturated carbocycles. The summed E-state index contributed by atoms with van der Waals surface area (Å²) in [7, 11) is 0. The first kappa shape index (κ1) is 32.7. The second-order valence-corrected chi connectivity index (χ2v) is 11.8. The first-order valence-electron chi connectivity index (χ1n) is 15.3. The van der Waals surface area contributed by atoms with Crippen LogP contribution in [0.3, 0.4) is 0 Å². The normalized spacial score (nSPS) is 14.8. The van der Waals surface area contributed by atoms with Crippen LogP contribution in [0.1, 0.15) is 45.7 Å². The number of para-hydroxylation sites is 1. The molecule has 2 fully saturated rings. The van der Waals surface area contributed by atoms with Crippen LogP contribution in [0.4, 0.5) is 10.1 Å². The molecule has 1 aromatic heterocycles. The number of amides is 3. The van der Waals surface area contributed by atoms with Gasteiger partial charge in [0.15, 0.2) is 11.2 Å². The van der Waals surface area contributed by atoms with Gasteiger partial charge in [-0.25, -0.2) is 4.39 Å². The summed E-state index contributed by atoms with van der Waals surface area (Å²) in [5, 5.41) is 3.34. The summed E-state index contributed by atoms with van der Waals surface area (Å²) in [5.41, 5.74) is 2.34. The molecule has 1 N–H and O–H groups in total. The first-order valence-corrected chi connectivity index (χ1v) is 15.7. The number of piperidine rings is 1. The van der Waals surface area contributed by atoms with E-state index in [4.69, 9.17) is 16.0 Å². The van der Waals surface area contributed by atoms with Gasteiger partial charge in [0.2, 0.25) is 5.91 Å². The highest BCUT2D eigenvalue weighted by molar-refractivity contribution is 6.30. The van der Waals surface area contributed by atoms with Crippen molar-refractivity contribution in [3.63, 3.8) is 0 Å². The van der Waals surface area contributed by atoms with E-state index in [-0.39, 0.29) is 35.1 Å². The van der Waals surface area contributed by atoms with Crippen molar-refractivity contribution in [2.24, 2.45) is 0 Å². The molecule has 0 unspecified atom stereocenters. The van der Waals surface area contributed by atoms with Gasteiger partial charge in [-0.3, -0.25) is 19.2 Å². The number of piperazine rings is 1. The topological polar surface area (TPSA) is 103 Å². The average molecular weight is 647 g/mol. The predicted molar refractivity (Wildman–Crippen MR) is 176 cm³/mol. The molecule has 240 valence electrons. The van der Waals surface area contributed by atoms with Crippen LogP contribution in [-0.4, -0.2) is 73.3 Å². The zero-order chi connectivity index (χ0) is 32.6. The molecule has 0 aliphatic carbocycles. The predicted octanol–water partition coefficient (Wildman–Crippen LogP) is 5.29. The zero-order valence-electron chi connectivity index (χ0n) is 25.6. The number of benzene rings is 3. The third kappa shape index (κ3) is 8.11. The van der Waals surface area contributed by atoms with Gasteiger partial charge in [0.1, 0.15) is 11.4 Å². The van der Waals surface area contributed by atoms with Crippen LogP contribution in [0.5, 0.6) is 0 Å². The van der Waals surface area contributed by atoms with Crippen molar-refractivity contribution in [2.75, 3.05) is 50.7 Å². The van der Waals surface area contributed by atoms with Gasteiger partial charge in [0, 0.05) is 56.0 Å². The highest BCUT2D eigenvalue weighted by Crippen LogP contribution is 2.25. The number of carbonyl (C=O) groups excluding carboxylic acids is 3. The molecule has 9 nitrogen and oxygen atoms in total. The highest BCUT2D eigenvalue weighted by Gasteiger charge is 2.26. The third-order valence-corrected chi connectivity index (χ3v) is 8.33. The molecule has 3 heterocycles. The highest BCUT2D eigenvalue weighted by atomic mass is 35.5. The number of hydrogen-bond donors (Lipinski definition) is 1. The van der Waals surface area contributed by atoms with Gasteiger partial charge >= 0.3 is 0 Å². The van der Waals surface area contributed by atoms with E-state index in [0.717, 1.165) is 61.3 Å². The lowest BCUT2D eigenvalue weighted by atomic mass is 10.1. The lowest BCUT2D eigenvalue weighted by Crippen LogP contribution is -2.51. The third-order valence-electron chi connectivity index (χ3n) is 8.07. The monoisotopic (exact) mass is 646 g/mol. The second kappa shape index (κ2) is 15.1. The lowest BCUT2D eigenvalue weighted by Gasteiger charge is -2.37. The summed E-state index contributed by atoms with van der Waals surface area (Å²) >= 11 is 5.61. The molecule has 0 spiro atoms. The minimum Gasteiger partial charge on any atom is -0.451 e. The Kier molecular flexibility index (Phi) is 10.7. The zero-order valence-corrected chi connectivity index (χ0v) is 26.4. The van der Waals surface area contributed by atoms with E-state index in [0.29, 0.717) is 31.7 Å². The summed E-state index contributed by atoms with van der Waals surface area (Å²) in [4.78, 5) is 56.4. The van der Waals surface area contributed by atoms with Crippen LogP contribution in [0, 0.1) is 12.7 Å². The van der Waals surface area contributed by atoms with Crippen LogP contribution in [0.25, 0.3) is 11.0 Å². The number of carbonyl (C=O) groups is 3. The number of nitrogens with one attached hydrogen (secondary N) is 1. The van der Waals surface area contributed by atoms with Crippen molar-refractivity contribution in [1.29, 1.82) is 0 Å². The smallest absolute Gasteiger partial charge is 0.287 e. The molecular weight excluding hydrogens is 611 g/mol. The van der Waals surface area contributed by atoms with E-state index in [2.05, 4.69) is 10.2 Å². The van der Waals surface area contributed by atoms with E-state index in [9.17, 15) is 23.6 Å². The summed E-state index contributed by atoms with van der Waals surface area (Å²) < 4.78 is 18.8. The molecule has 0 bridgehead atoms. The summed E-state index contributed by atoms with van der Waals surface area (Å²) in [6, 6.07) is 19.8. The van der Waals surface area contributed by atoms with Crippen molar-refractivity contribution in [2.45, 2.75) is 26.2 Å². The number of rotatable bonds is 5. The Labute approximate surface area is 271 Å². The Bertz CT molecular complexity index is 1740. The Balaban J connectivity index is 0.000000455. The molecule has 6 rings (SSSR count). The molecule has 0 radical (unpaired) electrons. The molecule has 2 aliphatic rings. The second-order valence-electron chi connectivity index (χ2n) is 11.3. The number of fused-ring (bicyclic) bond motifs is 1. The van der Waals surface area contributed by atoms with Crippen LogP contribution >= 0.6 is 11.6 Å². The number of anilines is 1. The van der Waals surface area contributed by atoms with Gasteiger partial charge in [-0.2, -0.15) is 0 Å². The molecule has 3 aromatic carbocycles. The van der Waals surface area contributed by atoms with E-state index in [1.165, 1.54) is 11.6 Å². The number of likely N-dealkylation sites (tertiary alicyclic amines) is 1. The maximum absolute atomic E-state index is 13.4. The van der Waals surface area contributed by atoms with Crippen LogP contribution in [0.2, 0.25) is 5.02 Å². The minimum atomic E-state index is -0.703. The van der Waals surface area contributed by atoms with Crippen molar-refractivity contribution >= 4 is 46.0 Å². The standard InChI is InChI=1S/C28H29FN4O5.C7H7Cl/c29-19-8-9-24-21(16-19)23(34)17-25(38-24)27(36)30-18-26(35)32-14-12-31(13-15-32)22-7-3-2-6-20(22)28(37)33-10-4-1-5-11-33;1-6-2-4-7(8)5-3-6/h2-3,6-9,16-17H,1,4-5,10-15,18H2,(H,30,36);2-5H,1H3. The SMILES string of the molecule is Cc1ccc(Cl)cc1.O=C(NCC(=O)N1CCN(c2ccccc2C(=O)N2CCCCC2)CC1)c1cc(=O)c2cc(F)ccc2o1. The molecule has 2 aliphatic heterocycles. The average Bonchev–Trinajstić information content (AvgIpc) is 3.09. The summed E-state index contributed by atoms with van der Waals surface area (Å²) in [6.07, 6.45) is 3.20. The van der Waals surface area contributed by atoms with Gasteiger partial charge in [-0.1, -0.05) is 41.4 Å². The Hall–Kier alpha value is -4.70. The lowest BCUT2D eigenvalue weighted by molar-refractivity contribution is -0.130. The van der Waals surface area contributed by atoms with Crippen LogP contribution < -0.4 is 15.6 Å². The van der Waals surface area contributed by atoms with E-state index < -0.39 is 17.2 Å². The Morgan fingerprint density at radius 2 is 1.54 bits per heavy atom. The van der Waals surface area contributed by atoms with Crippen molar-refractivity contribution in [1.82, 2.24) is 15.1 Å². The fourth-order valence-electron chi connectivity index (χ4n) is 5.52. The number of nitrogens with zero attached hydrogens (tertiary/aromatic N) is 3.